The van der Waals surface area contributed by atoms with Crippen molar-refractivity contribution >= 4 is 29.1 Å². The Morgan fingerprint density at radius 3 is 2.34 bits per heavy atom. The average molecular weight is 457 g/mol. The summed E-state index contributed by atoms with van der Waals surface area (Å²) in [5, 5.41) is 16.2. The highest BCUT2D eigenvalue weighted by Gasteiger charge is 2.46. The van der Waals surface area contributed by atoms with Gasteiger partial charge in [0, 0.05) is 30.9 Å². The number of carbonyl (C=O) groups excluding carboxylic acids is 2. The fraction of sp³-hybridized carbons (Fsp3) is 0.458. The molecule has 0 bridgehead atoms. The molecule has 1 aromatic heterocycles. The first-order chi connectivity index (χ1) is 15.3. The van der Waals surface area contributed by atoms with Gasteiger partial charge in [0.05, 0.1) is 22.9 Å². The van der Waals surface area contributed by atoms with Gasteiger partial charge in [-0.1, -0.05) is 30.2 Å². The predicted octanol–water partition coefficient (Wildman–Crippen LogP) is 3.60. The number of aliphatic hydroxyl groups excluding tert-OH is 1. The van der Waals surface area contributed by atoms with E-state index in [9.17, 15) is 14.7 Å². The molecule has 4 rings (SSSR count). The van der Waals surface area contributed by atoms with Gasteiger partial charge in [0.25, 0.3) is 11.7 Å². The minimum atomic E-state index is -0.670. The first-order valence-corrected chi connectivity index (χ1v) is 11.4. The van der Waals surface area contributed by atoms with Crippen molar-refractivity contribution < 1.29 is 14.7 Å². The first kappa shape index (κ1) is 22.6. The summed E-state index contributed by atoms with van der Waals surface area (Å²) in [4.78, 5) is 30.2. The summed E-state index contributed by atoms with van der Waals surface area (Å²) in [7, 11) is 1.78. The van der Waals surface area contributed by atoms with Crippen molar-refractivity contribution in [2.24, 2.45) is 7.05 Å². The van der Waals surface area contributed by atoms with Crippen LogP contribution in [0, 0.1) is 13.8 Å². The van der Waals surface area contributed by atoms with Gasteiger partial charge in [0.15, 0.2) is 0 Å². The number of nitrogens with zero attached hydrogens (tertiary/aromatic N) is 4. The van der Waals surface area contributed by atoms with Crippen molar-refractivity contribution in [1.29, 1.82) is 0 Å². The lowest BCUT2D eigenvalue weighted by molar-refractivity contribution is -0.140. The predicted molar refractivity (Wildman–Crippen MR) is 123 cm³/mol. The molecule has 0 aliphatic carbocycles. The molecule has 32 heavy (non-hydrogen) atoms. The summed E-state index contributed by atoms with van der Waals surface area (Å²) in [5.74, 6) is -1.42. The number of rotatable bonds is 5. The third kappa shape index (κ3) is 4.07. The number of Topliss-reactive ketones (excluding diaryl/α,β-unsaturated/α-hetero) is 1. The van der Waals surface area contributed by atoms with Crippen LogP contribution in [-0.4, -0.2) is 62.6 Å². The minimum absolute atomic E-state index is 0.107. The van der Waals surface area contributed by atoms with Crippen LogP contribution >= 0.6 is 11.6 Å². The number of aromatic nitrogens is 2. The molecule has 1 unspecified atom stereocenters. The van der Waals surface area contributed by atoms with E-state index in [1.54, 1.807) is 35.7 Å². The van der Waals surface area contributed by atoms with Crippen LogP contribution in [-0.2, 0) is 16.6 Å². The van der Waals surface area contributed by atoms with Crippen LogP contribution in [0.1, 0.15) is 47.8 Å². The van der Waals surface area contributed by atoms with E-state index in [0.717, 1.165) is 37.2 Å². The highest BCUT2D eigenvalue weighted by molar-refractivity contribution is 6.46. The second-order valence-corrected chi connectivity index (χ2v) is 9.05. The Kier molecular flexibility index (Phi) is 6.40. The highest BCUT2D eigenvalue weighted by Crippen LogP contribution is 2.40. The van der Waals surface area contributed by atoms with Crippen molar-refractivity contribution in [3.63, 3.8) is 0 Å². The molecule has 0 spiro atoms. The number of hydrogen-bond donors (Lipinski definition) is 1. The number of aliphatic hydroxyl groups is 1. The summed E-state index contributed by atoms with van der Waals surface area (Å²) >= 11 is 6.09. The van der Waals surface area contributed by atoms with E-state index in [2.05, 4.69) is 10.00 Å². The number of carbonyl (C=O) groups is 2. The molecule has 8 heteroatoms. The number of likely N-dealkylation sites (tertiary alicyclic amines) is 2. The Bertz CT molecular complexity index is 1070. The molecule has 3 heterocycles. The first-order valence-electron chi connectivity index (χ1n) is 11.1. The summed E-state index contributed by atoms with van der Waals surface area (Å²) in [5.41, 5.74) is 2.69. The van der Waals surface area contributed by atoms with E-state index in [1.165, 1.54) is 6.42 Å². The van der Waals surface area contributed by atoms with E-state index < -0.39 is 17.7 Å². The molecule has 170 valence electrons. The van der Waals surface area contributed by atoms with Gasteiger partial charge in [0.1, 0.15) is 5.76 Å². The van der Waals surface area contributed by atoms with Crippen LogP contribution in [0.25, 0.3) is 5.76 Å². The molecule has 1 amide bonds. The van der Waals surface area contributed by atoms with E-state index in [1.807, 2.05) is 19.1 Å². The fourth-order valence-corrected chi connectivity index (χ4v) is 4.91. The number of hydrogen-bond acceptors (Lipinski definition) is 5. The zero-order valence-electron chi connectivity index (χ0n) is 18.8. The number of piperidine rings is 1. The van der Waals surface area contributed by atoms with Crippen LogP contribution in [0.5, 0.6) is 0 Å². The molecule has 7 nitrogen and oxygen atoms in total. The Morgan fingerprint density at radius 1 is 1.09 bits per heavy atom. The SMILES string of the molecule is Cc1nn(C)c(C)c1/C(O)=C1\C(=O)C(=O)N(CCN2CCCCC2)C1c1ccc(Cl)cc1. The average Bonchev–Trinajstić information content (AvgIpc) is 3.18. The molecule has 1 atom stereocenters. The third-order valence-corrected chi connectivity index (χ3v) is 6.83. The maximum absolute atomic E-state index is 13.2. The molecule has 1 N–H and O–H groups in total. The molecule has 1 aromatic carbocycles. The van der Waals surface area contributed by atoms with Gasteiger partial charge in [-0.3, -0.25) is 14.3 Å². The zero-order valence-corrected chi connectivity index (χ0v) is 19.5. The van der Waals surface area contributed by atoms with Gasteiger partial charge in [-0.2, -0.15) is 5.10 Å². The summed E-state index contributed by atoms with van der Waals surface area (Å²) < 4.78 is 1.66. The zero-order chi connectivity index (χ0) is 23.0. The monoisotopic (exact) mass is 456 g/mol. The second-order valence-electron chi connectivity index (χ2n) is 8.62. The molecule has 0 saturated carbocycles. The number of aryl methyl sites for hydroxylation is 2. The van der Waals surface area contributed by atoms with Gasteiger partial charge in [-0.05, 0) is 57.5 Å². The molecule has 0 radical (unpaired) electrons. The Balaban J connectivity index is 1.77. The van der Waals surface area contributed by atoms with Crippen molar-refractivity contribution in [1.82, 2.24) is 19.6 Å². The van der Waals surface area contributed by atoms with Crippen LogP contribution < -0.4 is 0 Å². The number of amides is 1. The summed E-state index contributed by atoms with van der Waals surface area (Å²) in [6.45, 7) is 6.74. The van der Waals surface area contributed by atoms with Crippen molar-refractivity contribution in [2.75, 3.05) is 26.2 Å². The fourth-order valence-electron chi connectivity index (χ4n) is 4.79. The summed E-state index contributed by atoms with van der Waals surface area (Å²) in [6.07, 6.45) is 3.54. The smallest absolute Gasteiger partial charge is 0.295 e. The van der Waals surface area contributed by atoms with Crippen molar-refractivity contribution in [2.45, 2.75) is 39.2 Å². The Morgan fingerprint density at radius 2 is 1.75 bits per heavy atom. The van der Waals surface area contributed by atoms with Crippen molar-refractivity contribution in [3.8, 4) is 0 Å². The van der Waals surface area contributed by atoms with E-state index in [4.69, 9.17) is 11.6 Å². The van der Waals surface area contributed by atoms with Gasteiger partial charge < -0.3 is 14.9 Å². The minimum Gasteiger partial charge on any atom is -0.507 e. The molecular weight excluding hydrogens is 428 g/mol. The van der Waals surface area contributed by atoms with E-state index in [-0.39, 0.29) is 11.3 Å². The van der Waals surface area contributed by atoms with Gasteiger partial charge in [-0.25, -0.2) is 0 Å². The summed E-state index contributed by atoms with van der Waals surface area (Å²) in [6, 6.07) is 6.42. The van der Waals surface area contributed by atoms with E-state index >= 15 is 0 Å². The number of benzene rings is 1. The lowest BCUT2D eigenvalue weighted by atomic mass is 9.94. The number of ketones is 1. The van der Waals surface area contributed by atoms with E-state index in [0.29, 0.717) is 29.4 Å². The largest absolute Gasteiger partial charge is 0.507 e. The van der Waals surface area contributed by atoms with Gasteiger partial charge >= 0.3 is 0 Å². The third-order valence-electron chi connectivity index (χ3n) is 6.58. The molecular formula is C24H29ClN4O3. The molecule has 2 aromatic rings. The number of halogens is 1. The van der Waals surface area contributed by atoms with Crippen LogP contribution in [0.3, 0.4) is 0 Å². The maximum Gasteiger partial charge on any atom is 0.295 e. The van der Waals surface area contributed by atoms with Crippen molar-refractivity contribution in [3.05, 3.63) is 57.4 Å². The molecule has 2 aliphatic rings. The topological polar surface area (TPSA) is 78.7 Å². The Labute approximate surface area is 193 Å². The van der Waals surface area contributed by atoms with Crippen LogP contribution in [0.15, 0.2) is 29.8 Å². The lowest BCUT2D eigenvalue weighted by Gasteiger charge is -2.31. The molecule has 2 fully saturated rings. The normalized spacial score (nSPS) is 21.5. The Hall–Kier alpha value is -2.64. The quantitative estimate of drug-likeness (QED) is 0.422. The van der Waals surface area contributed by atoms with Gasteiger partial charge in [0.2, 0.25) is 0 Å². The standard InChI is InChI=1S/C24H29ClN4O3/c1-15-19(16(2)27(3)26-15)22(30)20-21(17-7-9-18(25)10-8-17)29(24(32)23(20)31)14-13-28-11-5-4-6-12-28/h7-10,21,30H,4-6,11-14H2,1-3H3/b22-20+. The lowest BCUT2D eigenvalue weighted by Crippen LogP contribution is -2.39. The molecule has 2 aliphatic heterocycles. The van der Waals surface area contributed by atoms with Crippen LogP contribution in [0.4, 0.5) is 0 Å². The molecule has 2 saturated heterocycles. The second kappa shape index (κ2) is 9.08. The van der Waals surface area contributed by atoms with Crippen LogP contribution in [0.2, 0.25) is 5.02 Å². The maximum atomic E-state index is 13.2. The van der Waals surface area contributed by atoms with Gasteiger partial charge in [-0.15, -0.1) is 0 Å². The highest BCUT2D eigenvalue weighted by atomic mass is 35.5.